The average Bonchev–Trinajstić information content (AvgIpc) is 2.88. The van der Waals surface area contributed by atoms with Gasteiger partial charge in [-0.3, -0.25) is 4.79 Å². The van der Waals surface area contributed by atoms with Gasteiger partial charge in [0.25, 0.3) is 5.91 Å². The van der Waals surface area contributed by atoms with Crippen LogP contribution in [0.5, 0.6) is 0 Å². The molecule has 0 saturated heterocycles. The molecule has 9 nitrogen and oxygen atoms in total. The highest BCUT2D eigenvalue weighted by molar-refractivity contribution is 5.97. The van der Waals surface area contributed by atoms with Crippen molar-refractivity contribution in [3.05, 3.63) is 77.0 Å². The second-order valence-electron chi connectivity index (χ2n) is 8.81. The normalized spacial score (nSPS) is 13.8. The molecule has 1 aliphatic heterocycles. The summed E-state index contributed by atoms with van der Waals surface area (Å²) in [4.78, 5) is 36.0. The number of carbonyl (C=O) groups is 2. The summed E-state index contributed by atoms with van der Waals surface area (Å²) in [7, 11) is 0. The molecule has 0 spiro atoms. The van der Waals surface area contributed by atoms with Crippen molar-refractivity contribution in [2.75, 3.05) is 30.4 Å². The lowest BCUT2D eigenvalue weighted by atomic mass is 9.97. The molecule has 188 valence electrons. The number of benzene rings is 2. The number of esters is 1. The molecule has 3 aromatic rings. The van der Waals surface area contributed by atoms with Gasteiger partial charge < -0.3 is 25.4 Å². The van der Waals surface area contributed by atoms with Crippen LogP contribution in [0.1, 0.15) is 58.7 Å². The molecule has 3 N–H and O–H groups in total. The molecule has 0 unspecified atom stereocenters. The van der Waals surface area contributed by atoms with Crippen molar-refractivity contribution in [3.63, 3.8) is 0 Å². The molecule has 0 saturated carbocycles. The van der Waals surface area contributed by atoms with Crippen molar-refractivity contribution in [2.24, 2.45) is 0 Å². The number of hydrogen-bond acceptors (Lipinski definition) is 8. The van der Waals surface area contributed by atoms with Gasteiger partial charge in [0.05, 0.1) is 19.3 Å². The van der Waals surface area contributed by atoms with Gasteiger partial charge in [-0.05, 0) is 56.5 Å². The van der Waals surface area contributed by atoms with Gasteiger partial charge in [0.1, 0.15) is 11.4 Å². The van der Waals surface area contributed by atoms with Gasteiger partial charge >= 0.3 is 5.97 Å². The third-order valence-electron chi connectivity index (χ3n) is 6.08. The molecular formula is C27H31N5O4. The first-order valence-electron chi connectivity index (χ1n) is 12.1. The smallest absolute Gasteiger partial charge is 0.343 e. The molecule has 0 aliphatic carbocycles. The number of rotatable bonds is 9. The number of hydrogen-bond donors (Lipinski definition) is 3. The van der Waals surface area contributed by atoms with Crippen LogP contribution >= 0.6 is 0 Å². The molecule has 1 amide bonds. The van der Waals surface area contributed by atoms with E-state index in [-0.39, 0.29) is 42.5 Å². The molecule has 1 atom stereocenters. The Kier molecular flexibility index (Phi) is 7.80. The van der Waals surface area contributed by atoms with Gasteiger partial charge in [0.2, 0.25) is 5.95 Å². The number of nitrogens with one attached hydrogen (secondary N) is 2. The minimum atomic E-state index is -0.557. The zero-order valence-electron chi connectivity index (χ0n) is 20.7. The quantitative estimate of drug-likeness (QED) is 0.387. The largest absolute Gasteiger partial charge is 0.462 e. The van der Waals surface area contributed by atoms with E-state index in [1.807, 2.05) is 67.3 Å². The Balaban J connectivity index is 1.61. The molecule has 0 fully saturated rings. The van der Waals surface area contributed by atoms with Crippen molar-refractivity contribution in [1.29, 1.82) is 0 Å². The summed E-state index contributed by atoms with van der Waals surface area (Å²) < 4.78 is 5.17. The van der Waals surface area contributed by atoms with Gasteiger partial charge in [0, 0.05) is 30.0 Å². The fraction of sp³-hybridized carbons (Fsp3) is 0.333. The first-order chi connectivity index (χ1) is 17.4. The van der Waals surface area contributed by atoms with Crippen LogP contribution in [0.4, 0.5) is 17.5 Å². The molecule has 4 rings (SSSR count). The van der Waals surface area contributed by atoms with Gasteiger partial charge in [0.15, 0.2) is 0 Å². The maximum absolute atomic E-state index is 12.8. The Morgan fingerprint density at radius 2 is 1.97 bits per heavy atom. The van der Waals surface area contributed by atoms with Crippen molar-refractivity contribution in [3.8, 4) is 0 Å². The summed E-state index contributed by atoms with van der Waals surface area (Å²) >= 11 is 0. The van der Waals surface area contributed by atoms with E-state index in [0.29, 0.717) is 12.1 Å². The summed E-state index contributed by atoms with van der Waals surface area (Å²) in [5.74, 6) is -0.00987. The Morgan fingerprint density at radius 1 is 1.19 bits per heavy atom. The summed E-state index contributed by atoms with van der Waals surface area (Å²) in [6.45, 7) is 6.44. The fourth-order valence-corrected chi connectivity index (χ4v) is 4.20. The Labute approximate surface area is 210 Å². The molecule has 36 heavy (non-hydrogen) atoms. The van der Waals surface area contributed by atoms with Crippen LogP contribution in [0.3, 0.4) is 0 Å². The zero-order valence-corrected chi connectivity index (χ0v) is 20.7. The first kappa shape index (κ1) is 25.1. The lowest BCUT2D eigenvalue weighted by molar-refractivity contribution is 0.0526. The minimum Gasteiger partial charge on any atom is -0.462 e. The number of aliphatic hydroxyl groups is 1. The number of amides is 1. The van der Waals surface area contributed by atoms with Crippen molar-refractivity contribution >= 4 is 29.3 Å². The van der Waals surface area contributed by atoms with E-state index in [1.54, 1.807) is 6.92 Å². The predicted octanol–water partition coefficient (Wildman–Crippen LogP) is 3.95. The van der Waals surface area contributed by atoms with E-state index in [0.717, 1.165) is 23.2 Å². The molecule has 9 heteroatoms. The van der Waals surface area contributed by atoms with Crippen LogP contribution in [0.25, 0.3) is 0 Å². The van der Waals surface area contributed by atoms with E-state index in [2.05, 4.69) is 20.6 Å². The van der Waals surface area contributed by atoms with Gasteiger partial charge in [-0.1, -0.05) is 30.3 Å². The molecule has 1 aliphatic rings. The maximum Gasteiger partial charge on any atom is 0.343 e. The first-order valence-corrected chi connectivity index (χ1v) is 12.1. The van der Waals surface area contributed by atoms with E-state index >= 15 is 0 Å². The van der Waals surface area contributed by atoms with Crippen LogP contribution in [-0.4, -0.2) is 57.7 Å². The molecule has 0 radical (unpaired) electrons. The highest BCUT2D eigenvalue weighted by Gasteiger charge is 2.26. The predicted molar refractivity (Wildman–Crippen MR) is 137 cm³/mol. The summed E-state index contributed by atoms with van der Waals surface area (Å²) in [6.07, 6.45) is 2.16. The lowest BCUT2D eigenvalue weighted by Crippen LogP contribution is -2.42. The average molecular weight is 490 g/mol. The number of carbonyl (C=O) groups excluding carboxylic acids is 2. The second-order valence-corrected chi connectivity index (χ2v) is 8.81. The topological polar surface area (TPSA) is 117 Å². The Bertz CT molecular complexity index is 1230. The summed E-state index contributed by atoms with van der Waals surface area (Å²) in [5, 5.41) is 16.3. The molecule has 2 heterocycles. The maximum atomic E-state index is 12.8. The molecule has 0 bridgehead atoms. The Morgan fingerprint density at radius 3 is 2.67 bits per heavy atom. The minimum absolute atomic E-state index is 0.0373. The van der Waals surface area contributed by atoms with Crippen molar-refractivity contribution in [1.82, 2.24) is 14.9 Å². The van der Waals surface area contributed by atoms with Gasteiger partial charge in [-0.25, -0.2) is 9.78 Å². The molecular weight excluding hydrogens is 458 g/mol. The number of aliphatic hydroxyl groups excluding tert-OH is 1. The molecule has 1 aromatic heterocycles. The van der Waals surface area contributed by atoms with Gasteiger partial charge in [-0.2, -0.15) is 4.98 Å². The van der Waals surface area contributed by atoms with E-state index in [9.17, 15) is 14.7 Å². The number of fused-ring (bicyclic) bond motifs is 1. The van der Waals surface area contributed by atoms with E-state index < -0.39 is 12.0 Å². The standard InChI is InChI=1S/C27H31N5O4/c1-4-36-26(35)22-15-28-27(31-24(22)30-23(16-33)18-8-6-5-7-9-18)29-20-10-11-21-19(14-20)12-13-32(17(2)3)25(21)34/h5-11,14-15,17,23,33H,4,12-13,16H2,1-3H3,(H2,28,29,30,31)/t23-/m1/s1. The van der Waals surface area contributed by atoms with E-state index in [4.69, 9.17) is 4.74 Å². The number of nitrogens with zero attached hydrogens (tertiary/aromatic N) is 3. The van der Waals surface area contributed by atoms with Crippen molar-refractivity contribution < 1.29 is 19.4 Å². The highest BCUT2D eigenvalue weighted by atomic mass is 16.5. The fourth-order valence-electron chi connectivity index (χ4n) is 4.20. The van der Waals surface area contributed by atoms with Crippen LogP contribution in [0, 0.1) is 0 Å². The van der Waals surface area contributed by atoms with Crippen LogP contribution in [0.2, 0.25) is 0 Å². The number of aromatic nitrogens is 2. The third kappa shape index (κ3) is 5.46. The van der Waals surface area contributed by atoms with Crippen molar-refractivity contribution in [2.45, 2.75) is 39.3 Å². The summed E-state index contributed by atoms with van der Waals surface area (Å²) in [5.41, 5.74) is 3.42. The monoisotopic (exact) mass is 489 g/mol. The van der Waals surface area contributed by atoms with Crippen LogP contribution in [-0.2, 0) is 11.2 Å². The van der Waals surface area contributed by atoms with E-state index in [1.165, 1.54) is 6.20 Å². The number of ether oxygens (including phenoxy) is 1. The SMILES string of the molecule is CCOC(=O)c1cnc(Nc2ccc3c(c2)CCN(C(C)C)C3=O)nc1N[C@H](CO)c1ccccc1. The number of anilines is 3. The Hall–Kier alpha value is -3.98. The second kappa shape index (κ2) is 11.2. The molecule has 2 aromatic carbocycles. The van der Waals surface area contributed by atoms with Crippen LogP contribution < -0.4 is 10.6 Å². The van der Waals surface area contributed by atoms with Crippen LogP contribution in [0.15, 0.2) is 54.7 Å². The third-order valence-corrected chi connectivity index (χ3v) is 6.08. The van der Waals surface area contributed by atoms with Gasteiger partial charge in [-0.15, -0.1) is 0 Å². The lowest BCUT2D eigenvalue weighted by Gasteiger charge is -2.32. The summed E-state index contributed by atoms with van der Waals surface area (Å²) in [6, 6.07) is 14.6. The highest BCUT2D eigenvalue weighted by Crippen LogP contribution is 2.27. The zero-order chi connectivity index (χ0) is 25.7.